The third-order valence-electron chi connectivity index (χ3n) is 5.91. The zero-order chi connectivity index (χ0) is 22.1. The number of carbonyl (C=O) groups is 1. The minimum atomic E-state index is -0.245. The lowest BCUT2D eigenvalue weighted by atomic mass is 10.0. The SMILES string of the molecule is CC1CN(c2nc(Cc3ccc(F)cc3)ns2)CCN1C(=O)c1cccc2ccccc12. The number of benzene rings is 3. The summed E-state index contributed by atoms with van der Waals surface area (Å²) >= 11 is 1.38. The molecule has 1 atom stereocenters. The van der Waals surface area contributed by atoms with Crippen molar-refractivity contribution in [1.82, 2.24) is 14.3 Å². The summed E-state index contributed by atoms with van der Waals surface area (Å²) in [6, 6.07) is 20.4. The Kier molecular flexibility index (Phi) is 5.57. The lowest BCUT2D eigenvalue weighted by Gasteiger charge is -2.39. The molecule has 5 nitrogen and oxygen atoms in total. The maximum absolute atomic E-state index is 13.4. The van der Waals surface area contributed by atoms with Gasteiger partial charge in [0.05, 0.1) is 0 Å². The zero-order valence-corrected chi connectivity index (χ0v) is 18.6. The van der Waals surface area contributed by atoms with Crippen LogP contribution in [-0.2, 0) is 6.42 Å². The van der Waals surface area contributed by atoms with Crippen LogP contribution in [-0.4, -0.2) is 45.8 Å². The predicted molar refractivity (Wildman–Crippen MR) is 126 cm³/mol. The van der Waals surface area contributed by atoms with Crippen molar-refractivity contribution in [3.8, 4) is 0 Å². The van der Waals surface area contributed by atoms with Crippen LogP contribution in [0.5, 0.6) is 0 Å². The zero-order valence-electron chi connectivity index (χ0n) is 17.7. The molecule has 0 N–H and O–H groups in total. The van der Waals surface area contributed by atoms with Crippen LogP contribution in [0.1, 0.15) is 28.7 Å². The molecule has 1 aromatic heterocycles. The van der Waals surface area contributed by atoms with Gasteiger partial charge in [0.2, 0.25) is 5.13 Å². The van der Waals surface area contributed by atoms with Crippen molar-refractivity contribution in [3.05, 3.63) is 89.5 Å². The number of fused-ring (bicyclic) bond motifs is 1. The highest BCUT2D eigenvalue weighted by Gasteiger charge is 2.30. The molecule has 1 amide bonds. The summed E-state index contributed by atoms with van der Waals surface area (Å²) in [5.41, 5.74) is 1.73. The average molecular weight is 447 g/mol. The van der Waals surface area contributed by atoms with Gasteiger partial charge in [-0.15, -0.1) is 0 Å². The molecule has 1 unspecified atom stereocenters. The molecule has 7 heteroatoms. The van der Waals surface area contributed by atoms with E-state index in [1.54, 1.807) is 12.1 Å². The predicted octanol–water partition coefficient (Wildman–Crippen LogP) is 4.77. The van der Waals surface area contributed by atoms with E-state index in [1.807, 2.05) is 47.4 Å². The number of nitrogens with zero attached hydrogens (tertiary/aromatic N) is 4. The molecule has 3 aromatic carbocycles. The fraction of sp³-hybridized carbons (Fsp3) is 0.240. The van der Waals surface area contributed by atoms with Crippen molar-refractivity contribution in [2.24, 2.45) is 0 Å². The van der Waals surface area contributed by atoms with E-state index >= 15 is 0 Å². The highest BCUT2D eigenvalue weighted by atomic mass is 32.1. The third kappa shape index (κ3) is 4.08. The lowest BCUT2D eigenvalue weighted by Crippen LogP contribution is -2.54. The van der Waals surface area contributed by atoms with E-state index in [-0.39, 0.29) is 17.8 Å². The second-order valence-electron chi connectivity index (χ2n) is 8.12. The Balaban J connectivity index is 1.28. The molecule has 32 heavy (non-hydrogen) atoms. The van der Waals surface area contributed by atoms with Gasteiger partial charge in [0.15, 0.2) is 0 Å². The van der Waals surface area contributed by atoms with Crippen molar-refractivity contribution in [2.75, 3.05) is 24.5 Å². The number of hydrogen-bond donors (Lipinski definition) is 0. The fourth-order valence-corrected chi connectivity index (χ4v) is 4.95. The van der Waals surface area contributed by atoms with Crippen molar-refractivity contribution in [2.45, 2.75) is 19.4 Å². The largest absolute Gasteiger partial charge is 0.343 e. The number of hydrogen-bond acceptors (Lipinski definition) is 5. The molecule has 1 aliphatic rings. The van der Waals surface area contributed by atoms with Crippen LogP contribution in [0.4, 0.5) is 9.52 Å². The molecule has 0 bridgehead atoms. The topological polar surface area (TPSA) is 49.3 Å². The molecule has 0 saturated carbocycles. The second-order valence-corrected chi connectivity index (χ2v) is 8.85. The van der Waals surface area contributed by atoms with Gasteiger partial charge in [0.25, 0.3) is 5.91 Å². The summed E-state index contributed by atoms with van der Waals surface area (Å²) in [5.74, 6) is 0.562. The van der Waals surface area contributed by atoms with Gasteiger partial charge in [-0.25, -0.2) is 9.37 Å². The Hall–Kier alpha value is -3.32. The first-order chi connectivity index (χ1) is 15.6. The molecule has 5 rings (SSSR count). The van der Waals surface area contributed by atoms with Crippen LogP contribution in [0, 0.1) is 5.82 Å². The number of anilines is 1. The van der Waals surface area contributed by atoms with E-state index in [0.717, 1.165) is 32.9 Å². The second kappa shape index (κ2) is 8.67. The molecular weight excluding hydrogens is 423 g/mol. The van der Waals surface area contributed by atoms with Gasteiger partial charge in [-0.3, -0.25) is 4.79 Å². The van der Waals surface area contributed by atoms with Gasteiger partial charge >= 0.3 is 0 Å². The number of piperazine rings is 1. The van der Waals surface area contributed by atoms with E-state index in [2.05, 4.69) is 16.2 Å². The van der Waals surface area contributed by atoms with Crippen LogP contribution >= 0.6 is 11.5 Å². The van der Waals surface area contributed by atoms with Gasteiger partial charge in [0.1, 0.15) is 11.6 Å². The molecule has 0 aliphatic carbocycles. The van der Waals surface area contributed by atoms with Crippen LogP contribution in [0.3, 0.4) is 0 Å². The third-order valence-corrected chi connectivity index (χ3v) is 6.73. The van der Waals surface area contributed by atoms with Crippen LogP contribution in [0.25, 0.3) is 10.8 Å². The van der Waals surface area contributed by atoms with Gasteiger partial charge in [-0.05, 0) is 41.5 Å². The van der Waals surface area contributed by atoms with Crippen molar-refractivity contribution >= 4 is 33.3 Å². The Morgan fingerprint density at radius 3 is 2.66 bits per heavy atom. The van der Waals surface area contributed by atoms with Crippen LogP contribution < -0.4 is 4.90 Å². The molecule has 0 spiro atoms. The molecule has 2 heterocycles. The molecule has 162 valence electrons. The quantitative estimate of drug-likeness (QED) is 0.453. The van der Waals surface area contributed by atoms with E-state index in [0.29, 0.717) is 26.1 Å². The monoisotopic (exact) mass is 446 g/mol. The average Bonchev–Trinajstić information content (AvgIpc) is 3.28. The molecule has 0 radical (unpaired) electrons. The van der Waals surface area contributed by atoms with E-state index < -0.39 is 0 Å². The number of amides is 1. The smallest absolute Gasteiger partial charge is 0.254 e. The lowest BCUT2D eigenvalue weighted by molar-refractivity contribution is 0.0676. The summed E-state index contributed by atoms with van der Waals surface area (Å²) in [7, 11) is 0. The molecular formula is C25H23FN4OS. The standard InChI is InChI=1S/C25H23FN4OS/c1-17-16-29(25-27-23(28-32-25)15-18-9-11-20(26)12-10-18)13-14-30(17)24(31)22-8-4-6-19-5-2-3-7-21(19)22/h2-12,17H,13-16H2,1H3. The van der Waals surface area contributed by atoms with Crippen molar-refractivity contribution in [3.63, 3.8) is 0 Å². The molecule has 1 aliphatic heterocycles. The fourth-order valence-electron chi connectivity index (χ4n) is 4.23. The van der Waals surface area contributed by atoms with Crippen LogP contribution in [0.2, 0.25) is 0 Å². The van der Waals surface area contributed by atoms with Gasteiger partial charge in [0, 0.05) is 49.2 Å². The van der Waals surface area contributed by atoms with E-state index in [4.69, 9.17) is 4.98 Å². The highest BCUT2D eigenvalue weighted by Crippen LogP contribution is 2.25. The maximum atomic E-state index is 13.4. The minimum absolute atomic E-state index is 0.0552. The van der Waals surface area contributed by atoms with Crippen molar-refractivity contribution in [1.29, 1.82) is 0 Å². The number of aromatic nitrogens is 2. The molecule has 1 fully saturated rings. The summed E-state index contributed by atoms with van der Waals surface area (Å²) in [4.78, 5) is 22.2. The summed E-state index contributed by atoms with van der Waals surface area (Å²) in [6.45, 7) is 4.14. The molecule has 4 aromatic rings. The first kappa shape index (κ1) is 20.6. The van der Waals surface area contributed by atoms with Crippen LogP contribution in [0.15, 0.2) is 66.7 Å². The van der Waals surface area contributed by atoms with E-state index in [1.165, 1.54) is 23.7 Å². The van der Waals surface area contributed by atoms with Crippen molar-refractivity contribution < 1.29 is 9.18 Å². The summed E-state index contributed by atoms with van der Waals surface area (Å²) < 4.78 is 17.6. The first-order valence-corrected chi connectivity index (χ1v) is 11.5. The molecule has 1 saturated heterocycles. The number of rotatable bonds is 4. The number of carbonyl (C=O) groups excluding carboxylic acids is 1. The van der Waals surface area contributed by atoms with Gasteiger partial charge < -0.3 is 9.80 Å². The number of halogens is 1. The maximum Gasteiger partial charge on any atom is 0.254 e. The Bertz CT molecular complexity index is 1250. The highest BCUT2D eigenvalue weighted by molar-refractivity contribution is 7.09. The Labute approximate surface area is 190 Å². The Morgan fingerprint density at radius 1 is 1.06 bits per heavy atom. The van der Waals surface area contributed by atoms with Gasteiger partial charge in [-0.2, -0.15) is 4.37 Å². The summed E-state index contributed by atoms with van der Waals surface area (Å²) in [6.07, 6.45) is 0.575. The van der Waals surface area contributed by atoms with E-state index in [9.17, 15) is 9.18 Å². The van der Waals surface area contributed by atoms with Gasteiger partial charge in [-0.1, -0.05) is 48.5 Å². The normalized spacial score (nSPS) is 16.5. The minimum Gasteiger partial charge on any atom is -0.343 e. The summed E-state index contributed by atoms with van der Waals surface area (Å²) in [5, 5.41) is 2.93. The Morgan fingerprint density at radius 2 is 1.84 bits per heavy atom. The first-order valence-electron chi connectivity index (χ1n) is 10.7.